The van der Waals surface area contributed by atoms with Gasteiger partial charge in [-0.3, -0.25) is 4.68 Å². The molecule has 2 aromatic rings. The molecule has 4 nitrogen and oxygen atoms in total. The van der Waals surface area contributed by atoms with Gasteiger partial charge in [-0.15, -0.1) is 11.3 Å². The zero-order valence-electron chi connectivity index (χ0n) is 10.1. The van der Waals surface area contributed by atoms with Crippen LogP contribution in [0.2, 0.25) is 0 Å². The number of hydrogen-bond acceptors (Lipinski definition) is 4. The Morgan fingerprint density at radius 3 is 2.88 bits per heavy atom. The van der Waals surface area contributed by atoms with Crippen LogP contribution in [0.5, 0.6) is 0 Å². The lowest BCUT2D eigenvalue weighted by molar-refractivity contribution is 0.564. The first kappa shape index (κ1) is 12.7. The maximum absolute atomic E-state index is 4.36. The van der Waals surface area contributed by atoms with Crippen LogP contribution < -0.4 is 5.32 Å². The molecule has 2 heterocycles. The molecule has 1 unspecified atom stereocenters. The van der Waals surface area contributed by atoms with E-state index >= 15 is 0 Å². The summed E-state index contributed by atoms with van der Waals surface area (Å²) in [5.74, 6) is 0. The molecular formula is C11H15BrN4S. The van der Waals surface area contributed by atoms with Crippen molar-refractivity contribution in [3.63, 3.8) is 0 Å². The minimum atomic E-state index is 0.138. The Balaban J connectivity index is 2.49. The van der Waals surface area contributed by atoms with E-state index in [1.165, 1.54) is 4.88 Å². The standard InChI is InChI=1S/C11H15BrN4S/c1-4-16-10(8(12)5-15-16)9(13-3)11-7(2)14-6-17-11/h5-6,9,13H,4H2,1-3H3. The highest BCUT2D eigenvalue weighted by Crippen LogP contribution is 2.32. The summed E-state index contributed by atoms with van der Waals surface area (Å²) in [7, 11) is 1.96. The van der Waals surface area contributed by atoms with Crippen LogP contribution in [0, 0.1) is 6.92 Å². The van der Waals surface area contributed by atoms with Crippen molar-refractivity contribution in [2.45, 2.75) is 26.4 Å². The molecule has 0 aliphatic heterocycles. The van der Waals surface area contributed by atoms with Gasteiger partial charge in [0.25, 0.3) is 0 Å². The van der Waals surface area contributed by atoms with Crippen LogP contribution >= 0.6 is 27.3 Å². The van der Waals surface area contributed by atoms with Crippen LogP contribution in [0.1, 0.15) is 29.2 Å². The Morgan fingerprint density at radius 2 is 2.35 bits per heavy atom. The van der Waals surface area contributed by atoms with Crippen LogP contribution in [-0.4, -0.2) is 21.8 Å². The number of aryl methyl sites for hydroxylation is 2. The SMILES string of the molecule is CCn1ncc(Br)c1C(NC)c1scnc1C. The summed E-state index contributed by atoms with van der Waals surface area (Å²) in [5.41, 5.74) is 4.11. The lowest BCUT2D eigenvalue weighted by Crippen LogP contribution is -2.21. The number of rotatable bonds is 4. The average Bonchev–Trinajstić information content (AvgIpc) is 2.89. The molecule has 0 spiro atoms. The van der Waals surface area contributed by atoms with E-state index in [4.69, 9.17) is 0 Å². The quantitative estimate of drug-likeness (QED) is 0.943. The normalized spacial score (nSPS) is 12.9. The number of nitrogens with zero attached hydrogens (tertiary/aromatic N) is 3. The van der Waals surface area contributed by atoms with E-state index in [2.05, 4.69) is 38.3 Å². The lowest BCUT2D eigenvalue weighted by Gasteiger charge is -2.17. The van der Waals surface area contributed by atoms with Crippen molar-refractivity contribution in [2.24, 2.45) is 0 Å². The molecule has 0 radical (unpaired) electrons. The summed E-state index contributed by atoms with van der Waals surface area (Å²) in [6.45, 7) is 4.99. The van der Waals surface area contributed by atoms with Crippen molar-refractivity contribution in [3.8, 4) is 0 Å². The second kappa shape index (κ2) is 5.29. The average molecular weight is 315 g/mol. The molecule has 0 aromatic carbocycles. The molecule has 0 bridgehead atoms. The number of halogens is 1. The predicted octanol–water partition coefficient (Wildman–Crippen LogP) is 2.74. The van der Waals surface area contributed by atoms with E-state index in [0.717, 1.165) is 22.4 Å². The van der Waals surface area contributed by atoms with Crippen molar-refractivity contribution in [1.29, 1.82) is 0 Å². The first-order valence-corrected chi connectivity index (χ1v) is 7.14. The van der Waals surface area contributed by atoms with Gasteiger partial charge in [0.1, 0.15) is 0 Å². The predicted molar refractivity (Wildman–Crippen MR) is 73.4 cm³/mol. The fraction of sp³-hybridized carbons (Fsp3) is 0.455. The van der Waals surface area contributed by atoms with Gasteiger partial charge in [0, 0.05) is 6.54 Å². The summed E-state index contributed by atoms with van der Waals surface area (Å²) in [6, 6.07) is 0.138. The van der Waals surface area contributed by atoms with E-state index in [-0.39, 0.29) is 6.04 Å². The fourth-order valence-electron chi connectivity index (χ4n) is 1.89. The Bertz CT molecular complexity index is 505. The van der Waals surface area contributed by atoms with Gasteiger partial charge in [-0.2, -0.15) is 5.10 Å². The highest BCUT2D eigenvalue weighted by molar-refractivity contribution is 9.10. The zero-order chi connectivity index (χ0) is 12.4. The Hall–Kier alpha value is -0.720. The van der Waals surface area contributed by atoms with Gasteiger partial charge in [0.05, 0.1) is 38.5 Å². The van der Waals surface area contributed by atoms with E-state index < -0.39 is 0 Å². The summed E-state index contributed by atoms with van der Waals surface area (Å²) >= 11 is 5.24. The molecule has 1 N–H and O–H groups in total. The highest BCUT2D eigenvalue weighted by Gasteiger charge is 2.22. The third kappa shape index (κ3) is 2.29. The van der Waals surface area contributed by atoms with Gasteiger partial charge in [-0.05, 0) is 36.8 Å². The van der Waals surface area contributed by atoms with E-state index in [0.29, 0.717) is 0 Å². The van der Waals surface area contributed by atoms with Gasteiger partial charge in [-0.1, -0.05) is 0 Å². The van der Waals surface area contributed by atoms with Gasteiger partial charge < -0.3 is 5.32 Å². The summed E-state index contributed by atoms with van der Waals surface area (Å²) in [5, 5.41) is 7.70. The monoisotopic (exact) mass is 314 g/mol. The largest absolute Gasteiger partial charge is 0.307 e. The maximum atomic E-state index is 4.36. The Labute approximate surface area is 113 Å². The van der Waals surface area contributed by atoms with Crippen molar-refractivity contribution in [1.82, 2.24) is 20.1 Å². The van der Waals surface area contributed by atoms with Crippen LogP contribution in [0.4, 0.5) is 0 Å². The third-order valence-corrected chi connectivity index (χ3v) is 4.35. The first-order chi connectivity index (χ1) is 8.19. The van der Waals surface area contributed by atoms with Gasteiger partial charge in [-0.25, -0.2) is 4.98 Å². The van der Waals surface area contributed by atoms with Crippen LogP contribution in [-0.2, 0) is 6.54 Å². The molecule has 92 valence electrons. The van der Waals surface area contributed by atoms with E-state index in [1.807, 2.05) is 30.4 Å². The fourth-order valence-corrected chi connectivity index (χ4v) is 3.33. The Kier molecular flexibility index (Phi) is 3.96. The molecule has 1 atom stereocenters. The number of thiazole rings is 1. The van der Waals surface area contributed by atoms with Crippen molar-refractivity contribution >= 4 is 27.3 Å². The number of nitrogens with one attached hydrogen (secondary N) is 1. The molecule has 0 aliphatic rings. The van der Waals surface area contributed by atoms with Crippen LogP contribution in [0.15, 0.2) is 16.2 Å². The first-order valence-electron chi connectivity index (χ1n) is 5.47. The van der Waals surface area contributed by atoms with E-state index in [1.54, 1.807) is 11.3 Å². The second-order valence-electron chi connectivity index (χ2n) is 3.72. The molecule has 2 aromatic heterocycles. The number of hydrogen-bond donors (Lipinski definition) is 1. The molecular weight excluding hydrogens is 300 g/mol. The minimum absolute atomic E-state index is 0.138. The second-order valence-corrected chi connectivity index (χ2v) is 5.46. The molecule has 17 heavy (non-hydrogen) atoms. The number of aromatic nitrogens is 3. The Morgan fingerprint density at radius 1 is 1.59 bits per heavy atom. The smallest absolute Gasteiger partial charge is 0.0869 e. The molecule has 0 saturated carbocycles. The summed E-state index contributed by atoms with van der Waals surface area (Å²) in [4.78, 5) is 5.55. The summed E-state index contributed by atoms with van der Waals surface area (Å²) in [6.07, 6.45) is 1.85. The van der Waals surface area contributed by atoms with Gasteiger partial charge >= 0.3 is 0 Å². The topological polar surface area (TPSA) is 42.7 Å². The summed E-state index contributed by atoms with van der Waals surface area (Å²) < 4.78 is 3.04. The highest BCUT2D eigenvalue weighted by atomic mass is 79.9. The molecule has 0 aliphatic carbocycles. The third-order valence-electron chi connectivity index (χ3n) is 2.74. The van der Waals surface area contributed by atoms with Crippen molar-refractivity contribution < 1.29 is 0 Å². The van der Waals surface area contributed by atoms with Crippen LogP contribution in [0.25, 0.3) is 0 Å². The minimum Gasteiger partial charge on any atom is -0.307 e. The molecule has 0 saturated heterocycles. The molecule has 0 amide bonds. The maximum Gasteiger partial charge on any atom is 0.0869 e. The molecule has 2 rings (SSSR count). The lowest BCUT2D eigenvalue weighted by atomic mass is 10.1. The van der Waals surface area contributed by atoms with Crippen molar-refractivity contribution in [2.75, 3.05) is 7.05 Å². The van der Waals surface area contributed by atoms with Crippen molar-refractivity contribution in [3.05, 3.63) is 32.4 Å². The zero-order valence-corrected chi connectivity index (χ0v) is 12.5. The van der Waals surface area contributed by atoms with Gasteiger partial charge in [0.15, 0.2) is 0 Å². The molecule has 6 heteroatoms. The van der Waals surface area contributed by atoms with E-state index in [9.17, 15) is 0 Å². The molecule has 0 fully saturated rings. The van der Waals surface area contributed by atoms with Crippen LogP contribution in [0.3, 0.4) is 0 Å². The van der Waals surface area contributed by atoms with Gasteiger partial charge in [0.2, 0.25) is 0 Å².